The van der Waals surface area contributed by atoms with Crippen LogP contribution in [0, 0.1) is 11.2 Å². The summed E-state index contributed by atoms with van der Waals surface area (Å²) in [5.41, 5.74) is -0.339. The first-order valence-electron chi connectivity index (χ1n) is 6.73. The van der Waals surface area contributed by atoms with Gasteiger partial charge in [0.2, 0.25) is 5.91 Å². The van der Waals surface area contributed by atoms with Crippen LogP contribution in [-0.2, 0) is 16.0 Å². The Labute approximate surface area is 117 Å². The Balaban J connectivity index is 1.94. The fraction of sp³-hybridized carbons (Fsp3) is 0.467. The molecule has 0 saturated heterocycles. The summed E-state index contributed by atoms with van der Waals surface area (Å²) in [6, 6.07) is 5.87. The van der Waals surface area contributed by atoms with E-state index in [9.17, 15) is 19.1 Å². The number of carbonyl (C=O) groups excluding carboxylic acids is 1. The predicted octanol–water partition coefficient (Wildman–Crippen LogP) is 2.13. The maximum absolute atomic E-state index is 12.8. The number of hydrogen-bond donors (Lipinski definition) is 2. The molecule has 4 nitrogen and oxygen atoms in total. The molecule has 1 aromatic carbocycles. The summed E-state index contributed by atoms with van der Waals surface area (Å²) in [6.07, 6.45) is 2.11. The molecule has 0 spiro atoms. The lowest BCUT2D eigenvalue weighted by Gasteiger charge is -2.36. The molecular weight excluding hydrogens is 261 g/mol. The van der Waals surface area contributed by atoms with Crippen LogP contribution in [0.1, 0.15) is 31.7 Å². The van der Waals surface area contributed by atoms with Crippen LogP contribution in [0.2, 0.25) is 0 Å². The first kappa shape index (κ1) is 14.5. The van der Waals surface area contributed by atoms with E-state index in [0.717, 1.165) is 12.0 Å². The van der Waals surface area contributed by atoms with E-state index in [1.165, 1.54) is 12.1 Å². The normalized spacial score (nSPS) is 17.9. The second-order valence-electron chi connectivity index (χ2n) is 5.45. The molecule has 108 valence electrons. The molecule has 0 bridgehead atoms. The highest BCUT2D eigenvalue weighted by atomic mass is 19.1. The Hall–Kier alpha value is -1.91. The number of hydrogen-bond acceptors (Lipinski definition) is 2. The van der Waals surface area contributed by atoms with Gasteiger partial charge in [0, 0.05) is 6.04 Å². The number of carboxylic acid groups (broad SMARTS) is 1. The monoisotopic (exact) mass is 279 g/mol. The van der Waals surface area contributed by atoms with E-state index in [2.05, 4.69) is 5.32 Å². The summed E-state index contributed by atoms with van der Waals surface area (Å²) in [5, 5.41) is 11.9. The molecule has 0 aromatic heterocycles. The number of amides is 1. The molecule has 1 aliphatic carbocycles. The molecule has 20 heavy (non-hydrogen) atoms. The average Bonchev–Trinajstić information content (AvgIpc) is 2.29. The number of nitrogens with one attached hydrogen (secondary N) is 1. The summed E-state index contributed by atoms with van der Waals surface area (Å²) < 4.78 is 12.8. The van der Waals surface area contributed by atoms with Gasteiger partial charge < -0.3 is 10.4 Å². The number of aliphatic carboxylic acids is 1. The minimum atomic E-state index is -1.24. The standard InChI is InChI=1S/C15H18FNO3/c1-10(9-11-3-5-12(16)6-4-11)17-13(18)15(14(19)20)7-2-8-15/h3-6,10H,2,7-9H2,1H3,(H,17,18)(H,19,20). The van der Waals surface area contributed by atoms with E-state index >= 15 is 0 Å². The van der Waals surface area contributed by atoms with E-state index in [1.807, 2.05) is 6.92 Å². The molecule has 2 N–H and O–H groups in total. The maximum atomic E-state index is 12.8. The van der Waals surface area contributed by atoms with Crippen molar-refractivity contribution in [3.63, 3.8) is 0 Å². The third-order valence-electron chi connectivity index (χ3n) is 3.88. The number of benzene rings is 1. The summed E-state index contributed by atoms with van der Waals surface area (Å²) in [7, 11) is 0. The van der Waals surface area contributed by atoms with Crippen molar-refractivity contribution in [1.29, 1.82) is 0 Å². The van der Waals surface area contributed by atoms with Gasteiger partial charge in [-0.1, -0.05) is 18.6 Å². The lowest BCUT2D eigenvalue weighted by molar-refractivity contribution is -0.162. The Morgan fingerprint density at radius 3 is 2.40 bits per heavy atom. The summed E-state index contributed by atoms with van der Waals surface area (Å²) in [4.78, 5) is 23.3. The molecule has 1 aliphatic rings. The van der Waals surface area contributed by atoms with Gasteiger partial charge >= 0.3 is 5.97 Å². The Bertz CT molecular complexity index is 508. The highest BCUT2D eigenvalue weighted by Gasteiger charge is 2.51. The first-order chi connectivity index (χ1) is 9.44. The number of rotatable bonds is 5. The van der Waals surface area contributed by atoms with Crippen molar-refractivity contribution >= 4 is 11.9 Å². The molecule has 5 heteroatoms. The van der Waals surface area contributed by atoms with Crippen LogP contribution in [0.15, 0.2) is 24.3 Å². The van der Waals surface area contributed by atoms with Crippen LogP contribution in [0.25, 0.3) is 0 Å². The summed E-state index contributed by atoms with van der Waals surface area (Å²) in [6.45, 7) is 1.81. The summed E-state index contributed by atoms with van der Waals surface area (Å²) in [5.74, 6) is -1.76. The van der Waals surface area contributed by atoms with Crippen molar-refractivity contribution < 1.29 is 19.1 Å². The van der Waals surface area contributed by atoms with Crippen molar-refractivity contribution in [2.75, 3.05) is 0 Å². The maximum Gasteiger partial charge on any atom is 0.319 e. The third-order valence-corrected chi connectivity index (χ3v) is 3.88. The molecule has 1 atom stereocenters. The van der Waals surface area contributed by atoms with Gasteiger partial charge in [-0.3, -0.25) is 9.59 Å². The van der Waals surface area contributed by atoms with Crippen molar-refractivity contribution in [3.05, 3.63) is 35.6 Å². The van der Waals surface area contributed by atoms with Gasteiger partial charge in [-0.05, 0) is 43.9 Å². The van der Waals surface area contributed by atoms with Gasteiger partial charge in [0.1, 0.15) is 11.2 Å². The van der Waals surface area contributed by atoms with Crippen LogP contribution in [0.4, 0.5) is 4.39 Å². The minimum Gasteiger partial charge on any atom is -0.480 e. The molecular formula is C15H18FNO3. The zero-order valence-electron chi connectivity index (χ0n) is 11.4. The van der Waals surface area contributed by atoms with E-state index in [1.54, 1.807) is 12.1 Å². The van der Waals surface area contributed by atoms with Crippen LogP contribution in [0.3, 0.4) is 0 Å². The number of halogens is 1. The molecule has 1 amide bonds. The third kappa shape index (κ3) is 2.81. The molecule has 0 heterocycles. The van der Waals surface area contributed by atoms with Gasteiger partial charge in [-0.15, -0.1) is 0 Å². The molecule has 1 unspecified atom stereocenters. The second-order valence-corrected chi connectivity index (χ2v) is 5.45. The van der Waals surface area contributed by atoms with E-state index < -0.39 is 17.3 Å². The van der Waals surface area contributed by atoms with Crippen LogP contribution < -0.4 is 5.32 Å². The van der Waals surface area contributed by atoms with Crippen LogP contribution in [0.5, 0.6) is 0 Å². The predicted molar refractivity (Wildman–Crippen MR) is 71.6 cm³/mol. The van der Waals surface area contributed by atoms with E-state index in [4.69, 9.17) is 0 Å². The Morgan fingerprint density at radius 1 is 1.35 bits per heavy atom. The van der Waals surface area contributed by atoms with Gasteiger partial charge in [0.15, 0.2) is 0 Å². The fourth-order valence-corrected chi connectivity index (χ4v) is 2.46. The SMILES string of the molecule is CC(Cc1ccc(F)cc1)NC(=O)C1(C(=O)O)CCC1. The van der Waals surface area contributed by atoms with Crippen LogP contribution >= 0.6 is 0 Å². The molecule has 1 fully saturated rings. The van der Waals surface area contributed by atoms with Crippen molar-refractivity contribution in [3.8, 4) is 0 Å². The smallest absolute Gasteiger partial charge is 0.319 e. The highest BCUT2D eigenvalue weighted by molar-refractivity contribution is 6.02. The minimum absolute atomic E-state index is 0.190. The second kappa shape index (κ2) is 5.61. The van der Waals surface area contributed by atoms with Crippen molar-refractivity contribution in [2.45, 2.75) is 38.6 Å². The Kier molecular flexibility index (Phi) is 4.06. The largest absolute Gasteiger partial charge is 0.480 e. The first-order valence-corrected chi connectivity index (χ1v) is 6.73. The molecule has 2 rings (SSSR count). The highest BCUT2D eigenvalue weighted by Crippen LogP contribution is 2.41. The summed E-state index contributed by atoms with van der Waals surface area (Å²) >= 11 is 0. The molecule has 0 aliphatic heterocycles. The Morgan fingerprint density at radius 2 is 1.95 bits per heavy atom. The van der Waals surface area contributed by atoms with Gasteiger partial charge in [-0.2, -0.15) is 0 Å². The zero-order chi connectivity index (χ0) is 14.8. The topological polar surface area (TPSA) is 66.4 Å². The van der Waals surface area contributed by atoms with Crippen molar-refractivity contribution in [2.24, 2.45) is 5.41 Å². The van der Waals surface area contributed by atoms with Gasteiger partial charge in [0.25, 0.3) is 0 Å². The molecule has 1 aromatic rings. The van der Waals surface area contributed by atoms with Crippen molar-refractivity contribution in [1.82, 2.24) is 5.32 Å². The molecule has 1 saturated carbocycles. The number of carbonyl (C=O) groups is 2. The van der Waals surface area contributed by atoms with Gasteiger partial charge in [0.05, 0.1) is 0 Å². The van der Waals surface area contributed by atoms with E-state index in [-0.39, 0.29) is 11.9 Å². The lowest BCUT2D eigenvalue weighted by Crippen LogP contribution is -2.53. The van der Waals surface area contributed by atoms with Gasteiger partial charge in [-0.25, -0.2) is 4.39 Å². The van der Waals surface area contributed by atoms with E-state index in [0.29, 0.717) is 19.3 Å². The zero-order valence-corrected chi connectivity index (χ0v) is 11.4. The van der Waals surface area contributed by atoms with Crippen LogP contribution in [-0.4, -0.2) is 23.0 Å². The fourth-order valence-electron chi connectivity index (χ4n) is 2.46. The average molecular weight is 279 g/mol. The molecule has 0 radical (unpaired) electrons. The lowest BCUT2D eigenvalue weighted by atomic mass is 9.68. The quantitative estimate of drug-likeness (QED) is 0.811. The number of carboxylic acids is 1.